The van der Waals surface area contributed by atoms with Crippen LogP contribution in [0.15, 0.2) is 18.2 Å². The first kappa shape index (κ1) is 12.3. The molecule has 0 saturated heterocycles. The van der Waals surface area contributed by atoms with E-state index < -0.39 is 5.60 Å². The van der Waals surface area contributed by atoms with Crippen molar-refractivity contribution in [3.63, 3.8) is 0 Å². The van der Waals surface area contributed by atoms with E-state index in [1.165, 1.54) is 19.3 Å². The Bertz CT molecular complexity index is 460. The van der Waals surface area contributed by atoms with Crippen molar-refractivity contribution in [3.8, 4) is 5.75 Å². The molecule has 1 aromatic carbocycles. The molecule has 0 spiro atoms. The fraction of sp³-hybridized carbons (Fsp3) is 0.600. The van der Waals surface area contributed by atoms with Gasteiger partial charge in [0, 0.05) is 11.4 Å². The van der Waals surface area contributed by atoms with Crippen molar-refractivity contribution in [2.45, 2.75) is 37.7 Å². The lowest BCUT2D eigenvalue weighted by Crippen LogP contribution is -2.37. The molecule has 2 nitrogen and oxygen atoms in total. The molecule has 2 saturated carbocycles. The fourth-order valence-electron chi connectivity index (χ4n) is 3.85. The smallest absolute Gasteiger partial charge is 0.122 e. The first-order chi connectivity index (χ1) is 8.60. The van der Waals surface area contributed by atoms with Gasteiger partial charge in [0.15, 0.2) is 0 Å². The SMILES string of the molecule is COc1ccc(Cl)cc1CC1(O)CC2CCC1C2. The molecule has 18 heavy (non-hydrogen) atoms. The van der Waals surface area contributed by atoms with Crippen molar-refractivity contribution in [2.75, 3.05) is 7.11 Å². The van der Waals surface area contributed by atoms with E-state index in [1.807, 2.05) is 18.2 Å². The second kappa shape index (κ2) is 4.43. The molecule has 0 amide bonds. The molecular formula is C15H19ClO2. The average molecular weight is 267 g/mol. The van der Waals surface area contributed by atoms with E-state index in [9.17, 15) is 5.11 Å². The molecule has 3 rings (SSSR count). The molecule has 2 bridgehead atoms. The predicted octanol–water partition coefficient (Wildman–Crippen LogP) is 3.44. The Kier molecular flexibility index (Phi) is 3.03. The molecule has 2 aliphatic rings. The maximum Gasteiger partial charge on any atom is 0.122 e. The summed E-state index contributed by atoms with van der Waals surface area (Å²) < 4.78 is 5.37. The van der Waals surface area contributed by atoms with Crippen molar-refractivity contribution >= 4 is 11.6 Å². The normalized spacial score (nSPS) is 33.9. The standard InChI is InChI=1S/C15H19ClO2/c1-18-14-5-4-13(16)7-11(14)9-15(17)8-10-2-3-12(15)6-10/h4-5,7,10,12,17H,2-3,6,8-9H2,1H3. The molecule has 2 fully saturated rings. The lowest BCUT2D eigenvalue weighted by atomic mass is 9.79. The van der Waals surface area contributed by atoms with E-state index in [0.29, 0.717) is 17.4 Å². The van der Waals surface area contributed by atoms with Crippen LogP contribution in [0.25, 0.3) is 0 Å². The van der Waals surface area contributed by atoms with E-state index >= 15 is 0 Å². The average Bonchev–Trinajstić information content (AvgIpc) is 2.89. The van der Waals surface area contributed by atoms with E-state index in [2.05, 4.69) is 0 Å². The third kappa shape index (κ3) is 2.02. The molecule has 0 aliphatic heterocycles. The van der Waals surface area contributed by atoms with E-state index in [0.717, 1.165) is 23.7 Å². The highest BCUT2D eigenvalue weighted by atomic mass is 35.5. The van der Waals surface area contributed by atoms with Crippen LogP contribution >= 0.6 is 11.6 Å². The summed E-state index contributed by atoms with van der Waals surface area (Å²) in [4.78, 5) is 0. The second-order valence-corrected chi connectivity index (χ2v) is 6.25. The van der Waals surface area contributed by atoms with Crippen molar-refractivity contribution < 1.29 is 9.84 Å². The largest absolute Gasteiger partial charge is 0.496 e. The van der Waals surface area contributed by atoms with Crippen LogP contribution in [-0.2, 0) is 6.42 Å². The Morgan fingerprint density at radius 2 is 2.28 bits per heavy atom. The lowest BCUT2D eigenvalue weighted by molar-refractivity contribution is -0.0129. The first-order valence-corrected chi connectivity index (χ1v) is 7.03. The quantitative estimate of drug-likeness (QED) is 0.908. The number of benzene rings is 1. The van der Waals surface area contributed by atoms with Gasteiger partial charge >= 0.3 is 0 Å². The highest BCUT2D eigenvalue weighted by Crippen LogP contribution is 2.52. The number of ether oxygens (including phenoxy) is 1. The maximum absolute atomic E-state index is 10.8. The van der Waals surface area contributed by atoms with Gasteiger partial charge in [0.1, 0.15) is 5.75 Å². The van der Waals surface area contributed by atoms with Crippen LogP contribution in [0.4, 0.5) is 0 Å². The second-order valence-electron chi connectivity index (χ2n) is 5.82. The highest BCUT2D eigenvalue weighted by molar-refractivity contribution is 6.30. The van der Waals surface area contributed by atoms with Gasteiger partial charge in [-0.1, -0.05) is 11.6 Å². The van der Waals surface area contributed by atoms with Gasteiger partial charge in [0.05, 0.1) is 12.7 Å². The molecule has 3 atom stereocenters. The number of halogens is 1. The summed E-state index contributed by atoms with van der Waals surface area (Å²) in [5.74, 6) is 2.02. The molecule has 2 aliphatic carbocycles. The van der Waals surface area contributed by atoms with Crippen molar-refractivity contribution in [3.05, 3.63) is 28.8 Å². The monoisotopic (exact) mass is 266 g/mol. The van der Waals surface area contributed by atoms with Gasteiger partial charge in [0.2, 0.25) is 0 Å². The van der Waals surface area contributed by atoms with Gasteiger partial charge in [-0.2, -0.15) is 0 Å². The highest BCUT2D eigenvalue weighted by Gasteiger charge is 2.49. The van der Waals surface area contributed by atoms with E-state index in [1.54, 1.807) is 7.11 Å². The van der Waals surface area contributed by atoms with Gasteiger partial charge in [0.25, 0.3) is 0 Å². The number of hydrogen-bond donors (Lipinski definition) is 1. The zero-order chi connectivity index (χ0) is 12.8. The third-order valence-electron chi connectivity index (χ3n) is 4.68. The molecule has 3 unspecified atom stereocenters. The van der Waals surface area contributed by atoms with Crippen molar-refractivity contribution in [1.82, 2.24) is 0 Å². The molecule has 1 N–H and O–H groups in total. The summed E-state index contributed by atoms with van der Waals surface area (Å²) in [5, 5.41) is 11.6. The zero-order valence-corrected chi connectivity index (χ0v) is 11.4. The molecular weight excluding hydrogens is 248 g/mol. The van der Waals surface area contributed by atoms with Gasteiger partial charge in [-0.3, -0.25) is 0 Å². The summed E-state index contributed by atoms with van der Waals surface area (Å²) in [6, 6.07) is 5.63. The van der Waals surface area contributed by atoms with Crippen LogP contribution in [0.3, 0.4) is 0 Å². The van der Waals surface area contributed by atoms with Gasteiger partial charge in [-0.05, 0) is 61.3 Å². The van der Waals surface area contributed by atoms with Gasteiger partial charge in [-0.25, -0.2) is 0 Å². The predicted molar refractivity (Wildman–Crippen MR) is 72.1 cm³/mol. The van der Waals surface area contributed by atoms with Crippen LogP contribution < -0.4 is 4.74 Å². The summed E-state index contributed by atoms with van der Waals surface area (Å²) in [6.07, 6.45) is 5.26. The number of hydrogen-bond acceptors (Lipinski definition) is 2. The lowest BCUT2D eigenvalue weighted by Gasteiger charge is -2.33. The molecule has 98 valence electrons. The van der Waals surface area contributed by atoms with Gasteiger partial charge in [-0.15, -0.1) is 0 Å². The summed E-state index contributed by atoms with van der Waals surface area (Å²) in [7, 11) is 1.66. The minimum atomic E-state index is -0.541. The number of fused-ring (bicyclic) bond motifs is 2. The summed E-state index contributed by atoms with van der Waals surface area (Å²) in [5.41, 5.74) is 0.487. The topological polar surface area (TPSA) is 29.5 Å². The van der Waals surface area contributed by atoms with Crippen molar-refractivity contribution in [2.24, 2.45) is 11.8 Å². The number of rotatable bonds is 3. The van der Waals surface area contributed by atoms with Crippen LogP contribution in [0, 0.1) is 11.8 Å². The van der Waals surface area contributed by atoms with E-state index in [4.69, 9.17) is 16.3 Å². The molecule has 3 heteroatoms. The molecule has 0 heterocycles. The Hall–Kier alpha value is -0.730. The fourth-order valence-corrected chi connectivity index (χ4v) is 4.04. The molecule has 0 aromatic heterocycles. The number of methoxy groups -OCH3 is 1. The molecule has 0 radical (unpaired) electrons. The first-order valence-electron chi connectivity index (χ1n) is 6.65. The van der Waals surface area contributed by atoms with Crippen molar-refractivity contribution in [1.29, 1.82) is 0 Å². The summed E-state index contributed by atoms with van der Waals surface area (Å²) >= 11 is 6.05. The summed E-state index contributed by atoms with van der Waals surface area (Å²) in [6.45, 7) is 0. The minimum absolute atomic E-state index is 0.464. The maximum atomic E-state index is 10.8. The Labute approximate surface area is 113 Å². The third-order valence-corrected chi connectivity index (χ3v) is 4.92. The minimum Gasteiger partial charge on any atom is -0.496 e. The van der Waals surface area contributed by atoms with Crippen LogP contribution in [-0.4, -0.2) is 17.8 Å². The van der Waals surface area contributed by atoms with E-state index in [-0.39, 0.29) is 0 Å². The Morgan fingerprint density at radius 1 is 1.44 bits per heavy atom. The van der Waals surface area contributed by atoms with Crippen LogP contribution in [0.1, 0.15) is 31.2 Å². The number of aliphatic hydroxyl groups is 1. The van der Waals surface area contributed by atoms with Crippen LogP contribution in [0.5, 0.6) is 5.75 Å². The zero-order valence-electron chi connectivity index (χ0n) is 10.7. The van der Waals surface area contributed by atoms with Crippen LogP contribution in [0.2, 0.25) is 5.02 Å². The Balaban J connectivity index is 1.86. The Morgan fingerprint density at radius 3 is 2.89 bits per heavy atom. The molecule has 1 aromatic rings. The van der Waals surface area contributed by atoms with Gasteiger partial charge < -0.3 is 9.84 Å².